The topological polar surface area (TPSA) is 33.1 Å². The summed E-state index contributed by atoms with van der Waals surface area (Å²) < 4.78 is 27.7. The minimum atomic E-state index is -1.27. The van der Waals surface area contributed by atoms with Crippen molar-refractivity contribution in [2.45, 2.75) is 25.9 Å². The lowest BCUT2D eigenvalue weighted by Gasteiger charge is -2.20. The molecule has 0 radical (unpaired) electrons. The van der Waals surface area contributed by atoms with E-state index in [4.69, 9.17) is 0 Å². The Morgan fingerprint density at radius 1 is 1.16 bits per heavy atom. The number of pyridine rings is 1. The number of hydrogen-bond acceptors (Lipinski definition) is 2. The number of nitrogens with zero attached hydrogens (tertiary/aromatic N) is 1. The number of aromatic nitrogens is 1. The minimum absolute atomic E-state index is 0.293. The maximum atomic E-state index is 14.0. The predicted molar refractivity (Wildman–Crippen MR) is 68.7 cm³/mol. The zero-order valence-electron chi connectivity index (χ0n) is 10.8. The van der Waals surface area contributed by atoms with E-state index >= 15 is 0 Å². The van der Waals surface area contributed by atoms with Crippen molar-refractivity contribution in [3.05, 3.63) is 65.0 Å². The first-order chi connectivity index (χ1) is 9.02. The molecule has 1 heterocycles. The van der Waals surface area contributed by atoms with Crippen LogP contribution in [-0.2, 0) is 0 Å². The predicted octanol–water partition coefficient (Wildman–Crippen LogP) is 3.51. The van der Waals surface area contributed by atoms with E-state index in [-0.39, 0.29) is 5.56 Å². The first-order valence-corrected chi connectivity index (χ1v) is 6.06. The number of benzene rings is 1. The lowest BCUT2D eigenvalue weighted by Crippen LogP contribution is -2.13. The molecule has 19 heavy (non-hydrogen) atoms. The highest BCUT2D eigenvalue weighted by Crippen LogP contribution is 2.33. The van der Waals surface area contributed by atoms with Gasteiger partial charge in [0.2, 0.25) is 0 Å². The molecule has 2 aromatic rings. The van der Waals surface area contributed by atoms with Crippen molar-refractivity contribution in [3.8, 4) is 0 Å². The van der Waals surface area contributed by atoms with Gasteiger partial charge < -0.3 is 5.11 Å². The van der Waals surface area contributed by atoms with Crippen LogP contribution < -0.4 is 0 Å². The van der Waals surface area contributed by atoms with Crippen molar-refractivity contribution in [1.29, 1.82) is 0 Å². The van der Waals surface area contributed by atoms with Crippen LogP contribution in [0.5, 0.6) is 0 Å². The zero-order chi connectivity index (χ0) is 14.0. The summed E-state index contributed by atoms with van der Waals surface area (Å²) in [6.07, 6.45) is 0.316. The summed E-state index contributed by atoms with van der Waals surface area (Å²) in [7, 11) is 0. The van der Waals surface area contributed by atoms with E-state index in [1.807, 2.05) is 0 Å². The third kappa shape index (κ3) is 2.63. The van der Waals surface area contributed by atoms with Gasteiger partial charge in [-0.25, -0.2) is 8.78 Å². The largest absolute Gasteiger partial charge is 0.388 e. The molecule has 0 saturated carbocycles. The molecule has 100 valence electrons. The SMILES string of the molecule is Cc1ccc(F)c(C(O)C(C)c2ccccn2)c1F. The van der Waals surface area contributed by atoms with Gasteiger partial charge >= 0.3 is 0 Å². The fourth-order valence-electron chi connectivity index (χ4n) is 2.01. The van der Waals surface area contributed by atoms with Gasteiger partial charge in [-0.3, -0.25) is 4.98 Å². The first kappa shape index (κ1) is 13.6. The molecular formula is C15H15F2NO. The summed E-state index contributed by atoms with van der Waals surface area (Å²) in [5.74, 6) is -1.93. The van der Waals surface area contributed by atoms with Crippen LogP contribution in [0.15, 0.2) is 36.5 Å². The van der Waals surface area contributed by atoms with Crippen LogP contribution in [0.25, 0.3) is 0 Å². The van der Waals surface area contributed by atoms with Gasteiger partial charge in [0.15, 0.2) is 0 Å². The Morgan fingerprint density at radius 3 is 2.53 bits per heavy atom. The number of rotatable bonds is 3. The second-order valence-corrected chi connectivity index (χ2v) is 4.58. The van der Waals surface area contributed by atoms with Crippen molar-refractivity contribution < 1.29 is 13.9 Å². The summed E-state index contributed by atoms with van der Waals surface area (Å²) in [6.45, 7) is 3.23. The maximum absolute atomic E-state index is 14.0. The van der Waals surface area contributed by atoms with Crippen LogP contribution in [0.4, 0.5) is 8.78 Å². The monoisotopic (exact) mass is 263 g/mol. The summed E-state index contributed by atoms with van der Waals surface area (Å²) in [5, 5.41) is 10.2. The summed E-state index contributed by atoms with van der Waals surface area (Å²) in [6, 6.07) is 7.76. The highest BCUT2D eigenvalue weighted by atomic mass is 19.1. The van der Waals surface area contributed by atoms with E-state index < -0.39 is 23.7 Å². The molecule has 2 unspecified atom stereocenters. The fraction of sp³-hybridized carbons (Fsp3) is 0.267. The van der Waals surface area contributed by atoms with Gasteiger partial charge in [0.05, 0.1) is 11.7 Å². The third-order valence-corrected chi connectivity index (χ3v) is 3.24. The van der Waals surface area contributed by atoms with E-state index in [9.17, 15) is 13.9 Å². The quantitative estimate of drug-likeness (QED) is 0.919. The molecule has 2 nitrogen and oxygen atoms in total. The molecule has 0 fully saturated rings. The second-order valence-electron chi connectivity index (χ2n) is 4.58. The lowest BCUT2D eigenvalue weighted by molar-refractivity contribution is 0.140. The molecule has 1 aromatic carbocycles. The fourth-order valence-corrected chi connectivity index (χ4v) is 2.01. The highest BCUT2D eigenvalue weighted by Gasteiger charge is 2.26. The van der Waals surface area contributed by atoms with Crippen molar-refractivity contribution in [3.63, 3.8) is 0 Å². The van der Waals surface area contributed by atoms with Crippen LogP contribution in [0, 0.1) is 18.6 Å². The molecule has 0 spiro atoms. The summed E-state index contributed by atoms with van der Waals surface area (Å²) in [4.78, 5) is 4.10. The molecule has 0 saturated heterocycles. The van der Waals surface area contributed by atoms with Gasteiger partial charge in [0, 0.05) is 17.8 Å². The summed E-state index contributed by atoms with van der Waals surface area (Å²) >= 11 is 0. The number of aliphatic hydroxyl groups excluding tert-OH is 1. The van der Waals surface area contributed by atoms with Crippen LogP contribution in [-0.4, -0.2) is 10.1 Å². The molecule has 0 aliphatic heterocycles. The molecule has 0 amide bonds. The van der Waals surface area contributed by atoms with E-state index in [0.29, 0.717) is 11.3 Å². The van der Waals surface area contributed by atoms with Gasteiger partial charge in [-0.2, -0.15) is 0 Å². The van der Waals surface area contributed by atoms with Gasteiger partial charge in [0.25, 0.3) is 0 Å². The third-order valence-electron chi connectivity index (χ3n) is 3.24. The van der Waals surface area contributed by atoms with E-state index in [1.54, 1.807) is 31.3 Å². The standard InChI is InChI=1S/C15H15F2NO/c1-9-6-7-11(16)13(14(9)17)15(19)10(2)12-5-3-4-8-18-12/h3-8,10,15,19H,1-2H3. The molecule has 0 aliphatic rings. The van der Waals surface area contributed by atoms with Crippen LogP contribution in [0.3, 0.4) is 0 Å². The molecule has 2 rings (SSSR count). The van der Waals surface area contributed by atoms with Gasteiger partial charge in [-0.05, 0) is 30.7 Å². The molecule has 0 aliphatic carbocycles. The van der Waals surface area contributed by atoms with E-state index in [0.717, 1.165) is 0 Å². The number of halogens is 2. The van der Waals surface area contributed by atoms with Crippen LogP contribution in [0.2, 0.25) is 0 Å². The molecule has 2 atom stereocenters. The molecular weight excluding hydrogens is 248 g/mol. The van der Waals surface area contributed by atoms with Gasteiger partial charge in [-0.15, -0.1) is 0 Å². The maximum Gasteiger partial charge on any atom is 0.134 e. The Labute approximate surface area is 110 Å². The Kier molecular flexibility index (Phi) is 3.90. The van der Waals surface area contributed by atoms with Crippen molar-refractivity contribution in [1.82, 2.24) is 4.98 Å². The Balaban J connectivity index is 2.40. The van der Waals surface area contributed by atoms with Crippen molar-refractivity contribution >= 4 is 0 Å². The number of aliphatic hydroxyl groups is 1. The zero-order valence-corrected chi connectivity index (χ0v) is 10.8. The Bertz CT molecular complexity index is 572. The second kappa shape index (κ2) is 5.45. The van der Waals surface area contributed by atoms with Crippen LogP contribution >= 0.6 is 0 Å². The average molecular weight is 263 g/mol. The average Bonchev–Trinajstić information content (AvgIpc) is 2.43. The van der Waals surface area contributed by atoms with E-state index in [2.05, 4.69) is 4.98 Å². The summed E-state index contributed by atoms with van der Waals surface area (Å²) in [5.41, 5.74) is 0.608. The van der Waals surface area contributed by atoms with Crippen LogP contribution in [0.1, 0.15) is 35.8 Å². The van der Waals surface area contributed by atoms with Crippen molar-refractivity contribution in [2.24, 2.45) is 0 Å². The minimum Gasteiger partial charge on any atom is -0.388 e. The Hall–Kier alpha value is -1.81. The number of aryl methyl sites for hydroxylation is 1. The van der Waals surface area contributed by atoms with E-state index in [1.165, 1.54) is 19.1 Å². The molecule has 1 aromatic heterocycles. The molecule has 4 heteroatoms. The molecule has 0 bridgehead atoms. The first-order valence-electron chi connectivity index (χ1n) is 6.06. The van der Waals surface area contributed by atoms with Crippen molar-refractivity contribution in [2.75, 3.05) is 0 Å². The molecule has 1 N–H and O–H groups in total. The normalized spacial score (nSPS) is 14.2. The van der Waals surface area contributed by atoms with Gasteiger partial charge in [0.1, 0.15) is 11.6 Å². The van der Waals surface area contributed by atoms with Gasteiger partial charge in [-0.1, -0.05) is 19.1 Å². The Morgan fingerprint density at radius 2 is 1.89 bits per heavy atom. The smallest absolute Gasteiger partial charge is 0.134 e. The lowest BCUT2D eigenvalue weighted by atomic mass is 9.92. The number of hydrogen-bond donors (Lipinski definition) is 1. The highest BCUT2D eigenvalue weighted by molar-refractivity contribution is 5.30.